The van der Waals surface area contributed by atoms with Crippen LogP contribution in [-0.2, 0) is 4.79 Å². The lowest BCUT2D eigenvalue weighted by atomic mass is 10.0. The van der Waals surface area contributed by atoms with Gasteiger partial charge in [0.15, 0.2) is 11.4 Å². The second-order valence-electron chi connectivity index (χ2n) is 6.20. The van der Waals surface area contributed by atoms with Gasteiger partial charge < -0.3 is 20.3 Å². The average Bonchev–Trinajstić information content (AvgIpc) is 2.67. The van der Waals surface area contributed by atoms with Gasteiger partial charge in [0, 0.05) is 25.7 Å². The number of nitrogens with zero attached hydrogens (tertiary/aromatic N) is 1. The highest BCUT2D eigenvalue weighted by molar-refractivity contribution is 5.95. The van der Waals surface area contributed by atoms with Crippen LogP contribution in [0.3, 0.4) is 0 Å². The summed E-state index contributed by atoms with van der Waals surface area (Å²) in [6, 6.07) is 10.9. The van der Waals surface area contributed by atoms with Gasteiger partial charge in [-0.15, -0.1) is 0 Å². The van der Waals surface area contributed by atoms with Crippen LogP contribution in [0.15, 0.2) is 47.4 Å². The van der Waals surface area contributed by atoms with Crippen LogP contribution < -0.4 is 20.9 Å². The summed E-state index contributed by atoms with van der Waals surface area (Å²) in [5.74, 6) is -0.328. The van der Waals surface area contributed by atoms with E-state index in [4.69, 9.17) is 4.74 Å². The summed E-state index contributed by atoms with van der Waals surface area (Å²) in [4.78, 5) is 35.7. The molecule has 0 aliphatic carbocycles. The van der Waals surface area contributed by atoms with E-state index in [1.807, 2.05) is 30.3 Å². The Labute approximate surface area is 158 Å². The van der Waals surface area contributed by atoms with E-state index in [0.29, 0.717) is 19.3 Å². The third-order valence-corrected chi connectivity index (χ3v) is 4.22. The normalized spacial score (nSPS) is 11.5. The van der Waals surface area contributed by atoms with Gasteiger partial charge in [-0.3, -0.25) is 14.3 Å². The lowest BCUT2D eigenvalue weighted by Gasteiger charge is -2.24. The molecule has 0 spiro atoms. The molecule has 1 heterocycles. The summed E-state index contributed by atoms with van der Waals surface area (Å²) in [6.45, 7) is 1.57. The summed E-state index contributed by atoms with van der Waals surface area (Å²) < 4.78 is 6.67. The molecule has 1 amide bonds. The van der Waals surface area contributed by atoms with Crippen LogP contribution in [0.2, 0.25) is 0 Å². The predicted octanol–water partition coefficient (Wildman–Crippen LogP) is 2.26. The first-order chi connectivity index (χ1) is 13.0. The zero-order chi connectivity index (χ0) is 19.8. The van der Waals surface area contributed by atoms with E-state index in [0.717, 1.165) is 5.56 Å². The van der Waals surface area contributed by atoms with Crippen LogP contribution >= 0.6 is 0 Å². The summed E-state index contributed by atoms with van der Waals surface area (Å²) in [5.41, 5.74) is 4.02. The number of ether oxygens (including phenoxy) is 1. The van der Waals surface area contributed by atoms with Crippen LogP contribution in [0.25, 0.3) is 0 Å². The Hall–Kier alpha value is -3.09. The highest BCUT2D eigenvalue weighted by atomic mass is 16.5. The van der Waals surface area contributed by atoms with E-state index in [2.05, 4.69) is 10.7 Å². The minimum atomic E-state index is -0.437. The fourth-order valence-electron chi connectivity index (χ4n) is 2.87. The third-order valence-electron chi connectivity index (χ3n) is 4.22. The monoisotopic (exact) mass is 371 g/mol. The Kier molecular flexibility index (Phi) is 7.16. The van der Waals surface area contributed by atoms with Crippen molar-refractivity contribution in [3.63, 3.8) is 0 Å². The maximum absolute atomic E-state index is 12.4. The topological polar surface area (TPSA) is 89.4 Å². The van der Waals surface area contributed by atoms with E-state index in [1.54, 1.807) is 6.92 Å². The largest absolute Gasteiger partial charge is 0.491 e. The summed E-state index contributed by atoms with van der Waals surface area (Å²) in [5, 5.41) is 2.53. The van der Waals surface area contributed by atoms with Crippen LogP contribution in [0.4, 0.5) is 0 Å². The third kappa shape index (κ3) is 5.20. The first kappa shape index (κ1) is 20.2. The molecule has 1 unspecified atom stereocenters. The van der Waals surface area contributed by atoms with E-state index < -0.39 is 5.91 Å². The molecule has 0 saturated carbocycles. The molecule has 0 fully saturated rings. The lowest BCUT2D eigenvalue weighted by molar-refractivity contribution is -0.117. The molecule has 1 aromatic carbocycles. The zero-order valence-electron chi connectivity index (χ0n) is 15.8. The van der Waals surface area contributed by atoms with Crippen LogP contribution in [0.5, 0.6) is 5.75 Å². The van der Waals surface area contributed by atoms with Gasteiger partial charge in [-0.1, -0.05) is 30.3 Å². The van der Waals surface area contributed by atoms with Crippen molar-refractivity contribution in [3.8, 4) is 5.75 Å². The summed E-state index contributed by atoms with van der Waals surface area (Å²) >= 11 is 0. The average molecular weight is 371 g/mol. The van der Waals surface area contributed by atoms with Crippen molar-refractivity contribution in [3.05, 3.63) is 64.1 Å². The van der Waals surface area contributed by atoms with Crippen LogP contribution in [0, 0.1) is 0 Å². The maximum Gasteiger partial charge on any atom is 0.273 e. The molecule has 2 rings (SSSR count). The van der Waals surface area contributed by atoms with Gasteiger partial charge in [0.2, 0.25) is 5.43 Å². The summed E-state index contributed by atoms with van der Waals surface area (Å²) in [7, 11) is 2.85. The molecule has 7 heteroatoms. The number of carbonyl (C=O) groups excluding carboxylic acids is 2. The number of hydrogen-bond acceptors (Lipinski definition) is 5. The van der Waals surface area contributed by atoms with Gasteiger partial charge in [0.25, 0.3) is 5.91 Å². The van der Waals surface area contributed by atoms with Crippen LogP contribution in [-0.4, -0.2) is 30.5 Å². The molecule has 1 atom stereocenters. The molecule has 7 nitrogen and oxygen atoms in total. The molecule has 27 heavy (non-hydrogen) atoms. The van der Waals surface area contributed by atoms with E-state index in [-0.39, 0.29) is 28.7 Å². The Morgan fingerprint density at radius 1 is 1.19 bits per heavy atom. The van der Waals surface area contributed by atoms with Crippen molar-refractivity contribution >= 4 is 11.7 Å². The fourth-order valence-corrected chi connectivity index (χ4v) is 2.87. The van der Waals surface area contributed by atoms with Crippen molar-refractivity contribution in [1.29, 1.82) is 0 Å². The van der Waals surface area contributed by atoms with E-state index in [1.165, 1.54) is 31.1 Å². The summed E-state index contributed by atoms with van der Waals surface area (Å²) in [6.07, 6.45) is 3.39. The molecule has 0 saturated heterocycles. The number of benzene rings is 1. The number of hydrogen-bond donors (Lipinski definition) is 2. The molecule has 2 N–H and O–H groups in total. The van der Waals surface area contributed by atoms with Gasteiger partial charge in [-0.05, 0) is 25.3 Å². The number of pyridine rings is 1. The smallest absolute Gasteiger partial charge is 0.273 e. The molecule has 0 aliphatic heterocycles. The van der Waals surface area contributed by atoms with Gasteiger partial charge in [0.05, 0.1) is 13.2 Å². The highest BCUT2D eigenvalue weighted by Crippen LogP contribution is 2.22. The number of methoxy groups -OCH3 is 1. The first-order valence-electron chi connectivity index (χ1n) is 8.80. The van der Waals surface area contributed by atoms with Crippen molar-refractivity contribution in [1.82, 2.24) is 9.99 Å². The Bertz CT molecular complexity index is 846. The molecule has 2 aromatic rings. The molecular formula is C20H25N3O4. The van der Waals surface area contributed by atoms with Gasteiger partial charge >= 0.3 is 0 Å². The van der Waals surface area contributed by atoms with Gasteiger partial charge in [-0.2, -0.15) is 0 Å². The number of amides is 1. The van der Waals surface area contributed by atoms with E-state index in [9.17, 15) is 14.4 Å². The molecule has 0 radical (unpaired) electrons. The second kappa shape index (κ2) is 9.56. The Morgan fingerprint density at radius 3 is 2.48 bits per heavy atom. The number of Topliss-reactive ketones (excluding diaryl/α,β-unsaturated/α-hetero) is 1. The standard InChI is InChI=1S/C20H25N3O4/c1-14(24)8-7-11-16(15-9-5-4-6-10-15)22-23-13-12-17(25)19(27-3)18(23)20(26)21-2/h4-6,9-10,12-13,16,22H,7-8,11H2,1-3H3,(H,21,26). The predicted molar refractivity (Wildman–Crippen MR) is 104 cm³/mol. The minimum absolute atomic E-state index is 0.0279. The highest BCUT2D eigenvalue weighted by Gasteiger charge is 2.21. The Balaban J connectivity index is 2.40. The number of aromatic nitrogens is 1. The number of carbonyl (C=O) groups is 2. The molecule has 1 aromatic heterocycles. The zero-order valence-corrected chi connectivity index (χ0v) is 15.8. The van der Waals surface area contributed by atoms with Crippen molar-refractivity contribution < 1.29 is 14.3 Å². The van der Waals surface area contributed by atoms with Crippen molar-refractivity contribution in [2.45, 2.75) is 32.2 Å². The number of rotatable bonds is 9. The van der Waals surface area contributed by atoms with Crippen molar-refractivity contribution in [2.75, 3.05) is 19.6 Å². The maximum atomic E-state index is 12.4. The van der Waals surface area contributed by atoms with Crippen LogP contribution in [0.1, 0.15) is 48.3 Å². The van der Waals surface area contributed by atoms with Gasteiger partial charge in [-0.25, -0.2) is 0 Å². The Morgan fingerprint density at radius 2 is 1.89 bits per heavy atom. The number of ketones is 1. The molecule has 144 valence electrons. The minimum Gasteiger partial charge on any atom is -0.491 e. The first-order valence-corrected chi connectivity index (χ1v) is 8.80. The second-order valence-corrected chi connectivity index (χ2v) is 6.20. The SMILES string of the molecule is CNC(=O)c1c(OC)c(=O)ccn1NC(CCCC(C)=O)c1ccccc1. The van der Waals surface area contributed by atoms with E-state index >= 15 is 0 Å². The molecule has 0 aliphatic rings. The fraction of sp³-hybridized carbons (Fsp3) is 0.350. The quantitative estimate of drug-likeness (QED) is 0.706. The van der Waals surface area contributed by atoms with Crippen molar-refractivity contribution in [2.24, 2.45) is 0 Å². The number of nitrogens with one attached hydrogen (secondary N) is 2. The lowest BCUT2D eigenvalue weighted by Crippen LogP contribution is -2.32. The van der Waals surface area contributed by atoms with Gasteiger partial charge in [0.1, 0.15) is 5.78 Å². The molecular weight excluding hydrogens is 346 g/mol. The molecule has 0 bridgehead atoms.